The minimum atomic E-state index is -2.61. The predicted octanol–water partition coefficient (Wildman–Crippen LogP) is 2.70. The van der Waals surface area contributed by atoms with E-state index in [0.717, 1.165) is 30.9 Å². The number of rotatable bonds is 7. The zero-order valence-electron chi connectivity index (χ0n) is 15.6. The van der Waals surface area contributed by atoms with E-state index in [9.17, 15) is 8.78 Å². The molecule has 156 valence electrons. The maximum absolute atomic E-state index is 12.9. The highest BCUT2D eigenvalue weighted by molar-refractivity contribution is 14.0. The molecule has 11 heteroatoms. The zero-order valence-corrected chi connectivity index (χ0v) is 18.7. The lowest BCUT2D eigenvalue weighted by Gasteiger charge is -2.34. The molecule has 0 radical (unpaired) electrons. The molecule has 7 nitrogen and oxygen atoms in total. The number of imidazole rings is 1. The topological polar surface area (TPSA) is 66.7 Å². The molecule has 0 amide bonds. The lowest BCUT2D eigenvalue weighted by Crippen LogP contribution is -2.46. The summed E-state index contributed by atoms with van der Waals surface area (Å²) in [6.07, 6.45) is 2.63. The summed E-state index contributed by atoms with van der Waals surface area (Å²) in [5.41, 5.74) is 0. The first-order valence-corrected chi connectivity index (χ1v) is 9.66. The summed E-state index contributed by atoms with van der Waals surface area (Å²) < 4.78 is 32.1. The van der Waals surface area contributed by atoms with Gasteiger partial charge in [-0.15, -0.1) is 35.3 Å². The van der Waals surface area contributed by atoms with Crippen molar-refractivity contribution in [1.82, 2.24) is 25.1 Å². The molecule has 1 aliphatic rings. The molecule has 0 saturated carbocycles. The average molecular weight is 526 g/mol. The van der Waals surface area contributed by atoms with E-state index in [-0.39, 0.29) is 42.4 Å². The number of alkyl halides is 2. The van der Waals surface area contributed by atoms with Gasteiger partial charge < -0.3 is 15.4 Å². The summed E-state index contributed by atoms with van der Waals surface area (Å²) in [5, 5.41) is 8.43. The van der Waals surface area contributed by atoms with Crippen LogP contribution >= 0.6 is 35.3 Å². The maximum atomic E-state index is 12.9. The third kappa shape index (κ3) is 6.09. The fourth-order valence-corrected chi connectivity index (χ4v) is 3.88. The zero-order chi connectivity index (χ0) is 19.1. The van der Waals surface area contributed by atoms with Crippen molar-refractivity contribution in [2.45, 2.75) is 19.1 Å². The van der Waals surface area contributed by atoms with Crippen molar-refractivity contribution in [1.29, 1.82) is 0 Å². The summed E-state index contributed by atoms with van der Waals surface area (Å²) in [6, 6.07) is 4.38. The van der Waals surface area contributed by atoms with Gasteiger partial charge in [0.05, 0.1) is 25.8 Å². The third-order valence-corrected chi connectivity index (χ3v) is 5.39. The molecule has 1 unspecified atom stereocenters. The van der Waals surface area contributed by atoms with E-state index in [0.29, 0.717) is 12.5 Å². The summed E-state index contributed by atoms with van der Waals surface area (Å²) in [4.78, 5) is 11.8. The van der Waals surface area contributed by atoms with E-state index in [1.54, 1.807) is 18.4 Å². The summed E-state index contributed by atoms with van der Waals surface area (Å²) in [7, 11) is 1.66. The number of hydrogen-bond donors (Lipinski definition) is 2. The molecule has 3 rings (SSSR count). The van der Waals surface area contributed by atoms with Gasteiger partial charge in [-0.3, -0.25) is 14.5 Å². The van der Waals surface area contributed by atoms with Gasteiger partial charge in [0.2, 0.25) is 0 Å². The van der Waals surface area contributed by atoms with E-state index < -0.39 is 6.55 Å². The highest BCUT2D eigenvalue weighted by atomic mass is 127. The number of morpholine rings is 1. The number of ether oxygens (including phenoxy) is 1. The summed E-state index contributed by atoms with van der Waals surface area (Å²) in [6.45, 7) is 1.42. The van der Waals surface area contributed by atoms with Crippen LogP contribution in [0.1, 0.15) is 23.3 Å². The smallest absolute Gasteiger partial charge is 0.319 e. The second kappa shape index (κ2) is 11.6. The van der Waals surface area contributed by atoms with E-state index in [1.165, 1.54) is 17.3 Å². The molecule has 0 bridgehead atoms. The number of aliphatic imine (C=N–C) groups is 1. The van der Waals surface area contributed by atoms with Crippen molar-refractivity contribution in [3.8, 4) is 0 Å². The highest BCUT2D eigenvalue weighted by Gasteiger charge is 2.23. The van der Waals surface area contributed by atoms with Crippen molar-refractivity contribution < 1.29 is 13.5 Å². The van der Waals surface area contributed by atoms with Crippen LogP contribution < -0.4 is 10.6 Å². The highest BCUT2D eigenvalue weighted by Crippen LogP contribution is 2.25. The Morgan fingerprint density at radius 2 is 2.14 bits per heavy atom. The van der Waals surface area contributed by atoms with E-state index in [2.05, 4.69) is 37.0 Å². The Kier molecular flexibility index (Phi) is 9.55. The molecular formula is C17H25F2IN6OS. The van der Waals surface area contributed by atoms with E-state index in [4.69, 9.17) is 4.74 Å². The molecular weight excluding hydrogens is 501 g/mol. The molecule has 28 heavy (non-hydrogen) atoms. The van der Waals surface area contributed by atoms with Crippen LogP contribution in [0.2, 0.25) is 0 Å². The van der Waals surface area contributed by atoms with Gasteiger partial charge in [-0.1, -0.05) is 6.07 Å². The first kappa shape index (κ1) is 23.0. The molecule has 0 spiro atoms. The number of nitrogens with one attached hydrogen (secondary N) is 2. The van der Waals surface area contributed by atoms with Crippen molar-refractivity contribution in [2.75, 3.05) is 39.9 Å². The summed E-state index contributed by atoms with van der Waals surface area (Å²) >= 11 is 1.72. The molecule has 2 aromatic rings. The Bertz CT molecular complexity index is 721. The SMILES string of the molecule is CN=C(NCc1nccn1C(F)F)NCC(c1cccs1)N1CCOCC1.I. The fourth-order valence-electron chi connectivity index (χ4n) is 3.01. The van der Waals surface area contributed by atoms with Crippen LogP contribution in [0.25, 0.3) is 0 Å². The number of guanidine groups is 1. The minimum absolute atomic E-state index is 0. The van der Waals surface area contributed by atoms with Crippen LogP contribution in [-0.2, 0) is 11.3 Å². The van der Waals surface area contributed by atoms with Gasteiger partial charge in [-0.05, 0) is 11.4 Å². The number of nitrogens with zero attached hydrogens (tertiary/aromatic N) is 4. The van der Waals surface area contributed by atoms with Crippen molar-refractivity contribution in [2.24, 2.45) is 4.99 Å². The molecule has 1 atom stereocenters. The van der Waals surface area contributed by atoms with Gasteiger partial charge in [-0.25, -0.2) is 4.98 Å². The third-order valence-electron chi connectivity index (χ3n) is 4.42. The Balaban J connectivity index is 0.00000280. The molecule has 3 heterocycles. The van der Waals surface area contributed by atoms with Gasteiger partial charge in [0.15, 0.2) is 5.96 Å². The van der Waals surface area contributed by atoms with Crippen LogP contribution in [0.4, 0.5) is 8.78 Å². The number of halogens is 3. The van der Waals surface area contributed by atoms with Gasteiger partial charge >= 0.3 is 6.55 Å². The molecule has 1 saturated heterocycles. The lowest BCUT2D eigenvalue weighted by molar-refractivity contribution is 0.0177. The van der Waals surface area contributed by atoms with E-state index in [1.807, 2.05) is 6.07 Å². The molecule has 2 N–H and O–H groups in total. The van der Waals surface area contributed by atoms with Crippen LogP contribution in [0.5, 0.6) is 0 Å². The van der Waals surface area contributed by atoms with Gasteiger partial charge in [-0.2, -0.15) is 8.78 Å². The van der Waals surface area contributed by atoms with Gasteiger partial charge in [0.1, 0.15) is 5.82 Å². The van der Waals surface area contributed by atoms with Crippen molar-refractivity contribution >= 4 is 41.3 Å². The predicted molar refractivity (Wildman–Crippen MR) is 117 cm³/mol. The average Bonchev–Trinajstić information content (AvgIpc) is 3.37. The monoisotopic (exact) mass is 526 g/mol. The van der Waals surface area contributed by atoms with Crippen molar-refractivity contribution in [3.63, 3.8) is 0 Å². The Hall–Kier alpha value is -1.31. The molecule has 1 fully saturated rings. The van der Waals surface area contributed by atoms with Crippen molar-refractivity contribution in [3.05, 3.63) is 40.6 Å². The number of hydrogen-bond acceptors (Lipinski definition) is 5. The Morgan fingerprint density at radius 1 is 1.36 bits per heavy atom. The maximum Gasteiger partial charge on any atom is 0.319 e. The Labute approximate surface area is 184 Å². The molecule has 2 aromatic heterocycles. The Morgan fingerprint density at radius 3 is 2.79 bits per heavy atom. The van der Waals surface area contributed by atoms with Gasteiger partial charge in [0.25, 0.3) is 0 Å². The second-order valence-electron chi connectivity index (χ2n) is 6.01. The standard InChI is InChI=1S/C17H24F2N6OS.HI/c1-20-17(23-12-15-21-4-5-25(15)16(18)19)22-11-13(14-3-2-10-27-14)24-6-8-26-9-7-24;/h2-5,10,13,16H,6-9,11-12H2,1H3,(H2,20,22,23);1H. The number of aromatic nitrogens is 2. The summed E-state index contributed by atoms with van der Waals surface area (Å²) in [5.74, 6) is 0.810. The molecule has 1 aliphatic heterocycles. The second-order valence-corrected chi connectivity index (χ2v) is 6.99. The van der Waals surface area contributed by atoms with Gasteiger partial charge in [0, 0.05) is 44.0 Å². The van der Waals surface area contributed by atoms with E-state index >= 15 is 0 Å². The fraction of sp³-hybridized carbons (Fsp3) is 0.529. The van der Waals surface area contributed by atoms with Crippen LogP contribution in [-0.4, -0.2) is 60.3 Å². The first-order chi connectivity index (χ1) is 13.2. The van der Waals surface area contributed by atoms with Crippen LogP contribution in [0.3, 0.4) is 0 Å². The number of thiophene rings is 1. The largest absolute Gasteiger partial charge is 0.379 e. The first-order valence-electron chi connectivity index (χ1n) is 8.78. The quantitative estimate of drug-likeness (QED) is 0.330. The molecule has 0 aromatic carbocycles. The van der Waals surface area contributed by atoms with Crippen LogP contribution in [0.15, 0.2) is 34.9 Å². The normalized spacial score (nSPS) is 16.6. The van der Waals surface area contributed by atoms with Crippen LogP contribution in [0, 0.1) is 0 Å². The molecule has 0 aliphatic carbocycles. The lowest BCUT2D eigenvalue weighted by atomic mass is 10.2. The minimum Gasteiger partial charge on any atom is -0.379 e.